The first-order chi connectivity index (χ1) is 11.5. The molecule has 0 aliphatic rings. The molecule has 0 saturated heterocycles. The van der Waals surface area contributed by atoms with Gasteiger partial charge < -0.3 is 4.74 Å². The number of ether oxygens (including phenoxy) is 1. The average Bonchev–Trinajstić information content (AvgIpc) is 2.57. The summed E-state index contributed by atoms with van der Waals surface area (Å²) in [6, 6.07) is 10.4. The van der Waals surface area contributed by atoms with Crippen molar-refractivity contribution in [2.24, 2.45) is 5.10 Å². The molecule has 0 aliphatic carbocycles. The minimum absolute atomic E-state index is 0.137. The number of carbonyl (C=O) groups is 1. The number of non-ortho nitro benzene ring substituents is 1. The van der Waals surface area contributed by atoms with Crippen molar-refractivity contribution >= 4 is 29.4 Å². The second-order valence-corrected chi connectivity index (χ2v) is 5.06. The Labute approximate surface area is 143 Å². The van der Waals surface area contributed by atoms with Gasteiger partial charge >= 0.3 is 0 Å². The lowest BCUT2D eigenvalue weighted by Crippen LogP contribution is -2.17. The van der Waals surface area contributed by atoms with Crippen molar-refractivity contribution in [1.82, 2.24) is 5.43 Å². The molecule has 7 nitrogen and oxygen atoms in total. The lowest BCUT2D eigenvalue weighted by Gasteiger charge is -2.07. The van der Waals surface area contributed by atoms with E-state index in [1.807, 2.05) is 6.92 Å². The van der Waals surface area contributed by atoms with Crippen molar-refractivity contribution in [2.75, 3.05) is 6.61 Å². The number of nitrogens with zero attached hydrogens (tertiary/aromatic N) is 2. The highest BCUT2D eigenvalue weighted by Gasteiger charge is 2.10. The number of nitro benzene ring substituents is 1. The summed E-state index contributed by atoms with van der Waals surface area (Å²) in [7, 11) is 0. The standard InChI is InChI=1S/C16H14ClN3O4/c1-2-24-15-7-6-13(17)8-12(15)10-18-19-16(21)11-4-3-5-14(9-11)20(22)23/h3-10H,2H2,1H3,(H,19,21)/b18-10-. The SMILES string of the molecule is CCOc1ccc(Cl)cc1/C=N\NC(=O)c1cccc([N+](=O)[O-])c1. The van der Waals surface area contributed by atoms with Crippen molar-refractivity contribution in [3.63, 3.8) is 0 Å². The fourth-order valence-corrected chi connectivity index (χ4v) is 2.07. The maximum atomic E-state index is 12.0. The third-order valence-electron chi connectivity index (χ3n) is 2.96. The molecule has 0 bridgehead atoms. The average molecular weight is 348 g/mol. The molecular formula is C16H14ClN3O4. The Morgan fingerprint density at radius 1 is 1.38 bits per heavy atom. The van der Waals surface area contributed by atoms with Crippen LogP contribution < -0.4 is 10.2 Å². The van der Waals surface area contributed by atoms with Crippen molar-refractivity contribution < 1.29 is 14.5 Å². The second-order valence-electron chi connectivity index (χ2n) is 4.62. The number of carbonyl (C=O) groups excluding carboxylic acids is 1. The van der Waals surface area contributed by atoms with E-state index < -0.39 is 10.8 Å². The molecule has 1 amide bonds. The third-order valence-corrected chi connectivity index (χ3v) is 3.20. The predicted molar refractivity (Wildman–Crippen MR) is 90.8 cm³/mol. The van der Waals surface area contributed by atoms with Gasteiger partial charge in [-0.1, -0.05) is 17.7 Å². The molecule has 0 heterocycles. The van der Waals surface area contributed by atoms with Crippen LogP contribution in [0.15, 0.2) is 47.6 Å². The summed E-state index contributed by atoms with van der Waals surface area (Å²) in [5.41, 5.74) is 2.88. The smallest absolute Gasteiger partial charge is 0.271 e. The highest BCUT2D eigenvalue weighted by Crippen LogP contribution is 2.21. The Kier molecular flexibility index (Phi) is 5.86. The van der Waals surface area contributed by atoms with Gasteiger partial charge in [0.05, 0.1) is 17.7 Å². The zero-order valence-electron chi connectivity index (χ0n) is 12.7. The number of hydrogen-bond acceptors (Lipinski definition) is 5. The van der Waals surface area contributed by atoms with E-state index in [1.54, 1.807) is 18.2 Å². The van der Waals surface area contributed by atoms with Gasteiger partial charge in [-0.2, -0.15) is 5.10 Å². The maximum Gasteiger partial charge on any atom is 0.271 e. The van der Waals surface area contributed by atoms with E-state index in [2.05, 4.69) is 10.5 Å². The minimum Gasteiger partial charge on any atom is -0.493 e. The second kappa shape index (κ2) is 8.07. The summed E-state index contributed by atoms with van der Waals surface area (Å²) >= 11 is 5.93. The summed E-state index contributed by atoms with van der Waals surface area (Å²) < 4.78 is 5.44. The van der Waals surface area contributed by atoms with Crippen molar-refractivity contribution in [3.05, 3.63) is 68.7 Å². The molecule has 0 atom stereocenters. The third kappa shape index (κ3) is 4.53. The zero-order chi connectivity index (χ0) is 17.5. The number of halogens is 1. The molecular weight excluding hydrogens is 334 g/mol. The number of amides is 1. The first kappa shape index (κ1) is 17.4. The van der Waals surface area contributed by atoms with E-state index in [0.29, 0.717) is 22.9 Å². The largest absolute Gasteiger partial charge is 0.493 e. The first-order valence-electron chi connectivity index (χ1n) is 7.01. The molecule has 124 valence electrons. The highest BCUT2D eigenvalue weighted by atomic mass is 35.5. The van der Waals surface area contributed by atoms with Gasteiger partial charge in [0.1, 0.15) is 5.75 Å². The normalized spacial score (nSPS) is 10.6. The zero-order valence-corrected chi connectivity index (χ0v) is 13.5. The van der Waals surface area contributed by atoms with Crippen LogP contribution in [0, 0.1) is 10.1 Å². The lowest BCUT2D eigenvalue weighted by atomic mass is 10.2. The van der Waals surface area contributed by atoms with E-state index in [4.69, 9.17) is 16.3 Å². The number of nitro groups is 1. The van der Waals surface area contributed by atoms with Gasteiger partial charge in [-0.3, -0.25) is 14.9 Å². The van der Waals surface area contributed by atoms with Gasteiger partial charge in [0.25, 0.3) is 11.6 Å². The van der Waals surface area contributed by atoms with E-state index in [9.17, 15) is 14.9 Å². The molecule has 0 fully saturated rings. The van der Waals surface area contributed by atoms with Gasteiger partial charge in [0.2, 0.25) is 0 Å². The fourth-order valence-electron chi connectivity index (χ4n) is 1.89. The van der Waals surface area contributed by atoms with E-state index in [-0.39, 0.29) is 11.3 Å². The Hall–Kier alpha value is -2.93. The van der Waals surface area contributed by atoms with Crippen LogP contribution in [-0.2, 0) is 0 Å². The van der Waals surface area contributed by atoms with Crippen LogP contribution in [0.3, 0.4) is 0 Å². The molecule has 0 spiro atoms. The molecule has 2 aromatic rings. The molecule has 1 N–H and O–H groups in total. The first-order valence-corrected chi connectivity index (χ1v) is 7.39. The lowest BCUT2D eigenvalue weighted by molar-refractivity contribution is -0.384. The van der Waals surface area contributed by atoms with Crippen LogP contribution in [0.5, 0.6) is 5.75 Å². The molecule has 0 unspecified atom stereocenters. The summed E-state index contributed by atoms with van der Waals surface area (Å²) in [6.45, 7) is 2.32. The van der Waals surface area contributed by atoms with E-state index in [0.717, 1.165) is 0 Å². The van der Waals surface area contributed by atoms with Crippen molar-refractivity contribution in [3.8, 4) is 5.75 Å². The molecule has 0 aliphatic heterocycles. The number of hydrogen-bond donors (Lipinski definition) is 1. The van der Waals surface area contributed by atoms with Crippen molar-refractivity contribution in [2.45, 2.75) is 6.92 Å². The molecule has 0 radical (unpaired) electrons. The van der Waals surface area contributed by atoms with Gasteiger partial charge in [0, 0.05) is 28.3 Å². The number of rotatable bonds is 6. The minimum atomic E-state index is -0.569. The van der Waals surface area contributed by atoms with Gasteiger partial charge in [0.15, 0.2) is 0 Å². The molecule has 2 aromatic carbocycles. The van der Waals surface area contributed by atoms with Crippen LogP contribution in [0.1, 0.15) is 22.8 Å². The van der Waals surface area contributed by atoms with Crippen LogP contribution in [0.2, 0.25) is 5.02 Å². The summed E-state index contributed by atoms with van der Waals surface area (Å²) in [5, 5.41) is 15.1. The topological polar surface area (TPSA) is 93.8 Å². The fraction of sp³-hybridized carbons (Fsp3) is 0.125. The Balaban J connectivity index is 2.11. The molecule has 0 saturated carbocycles. The number of hydrazone groups is 1. The Morgan fingerprint density at radius 2 is 2.17 bits per heavy atom. The van der Waals surface area contributed by atoms with E-state index in [1.165, 1.54) is 30.5 Å². The highest BCUT2D eigenvalue weighted by molar-refractivity contribution is 6.30. The molecule has 2 rings (SSSR count). The Morgan fingerprint density at radius 3 is 2.88 bits per heavy atom. The summed E-state index contributed by atoms with van der Waals surface area (Å²) in [6.07, 6.45) is 1.39. The van der Waals surface area contributed by atoms with Crippen LogP contribution >= 0.6 is 11.6 Å². The summed E-state index contributed by atoms with van der Waals surface area (Å²) in [4.78, 5) is 22.1. The predicted octanol–water partition coefficient (Wildman–Crippen LogP) is 3.41. The number of benzene rings is 2. The molecule has 0 aromatic heterocycles. The van der Waals surface area contributed by atoms with E-state index >= 15 is 0 Å². The van der Waals surface area contributed by atoms with Crippen molar-refractivity contribution in [1.29, 1.82) is 0 Å². The van der Waals surface area contributed by atoms with Crippen LogP contribution in [-0.4, -0.2) is 23.7 Å². The van der Waals surface area contributed by atoms with Gasteiger partial charge in [-0.15, -0.1) is 0 Å². The van der Waals surface area contributed by atoms with Gasteiger partial charge in [-0.25, -0.2) is 5.43 Å². The maximum absolute atomic E-state index is 12.0. The van der Waals surface area contributed by atoms with Crippen LogP contribution in [0.4, 0.5) is 5.69 Å². The molecule has 24 heavy (non-hydrogen) atoms. The quantitative estimate of drug-likeness (QED) is 0.492. The molecule has 8 heteroatoms. The monoisotopic (exact) mass is 347 g/mol. The van der Waals surface area contributed by atoms with Crippen LogP contribution in [0.25, 0.3) is 0 Å². The summed E-state index contributed by atoms with van der Waals surface area (Å²) in [5.74, 6) is 0.0187. The number of nitrogens with one attached hydrogen (secondary N) is 1. The van der Waals surface area contributed by atoms with Gasteiger partial charge in [-0.05, 0) is 31.2 Å². The Bertz CT molecular complexity index is 793.